The van der Waals surface area contributed by atoms with Gasteiger partial charge in [0.1, 0.15) is 0 Å². The Labute approximate surface area is 128 Å². The van der Waals surface area contributed by atoms with Crippen LogP contribution >= 0.6 is 0 Å². The lowest BCUT2D eigenvalue weighted by Gasteiger charge is -2.12. The highest BCUT2D eigenvalue weighted by molar-refractivity contribution is 6.44. The van der Waals surface area contributed by atoms with Gasteiger partial charge in [-0.25, -0.2) is 9.79 Å². The highest BCUT2D eigenvalue weighted by atomic mass is 16.4. The van der Waals surface area contributed by atoms with Gasteiger partial charge in [-0.05, 0) is 39.0 Å². The van der Waals surface area contributed by atoms with E-state index in [1.165, 1.54) is 38.5 Å². The Hall–Kier alpha value is -1.64. The number of carboxylic acids is 1. The molecule has 3 nitrogen and oxygen atoms in total. The first-order valence-electron chi connectivity index (χ1n) is 8.02. The molecular formula is C18H27NO2. The Morgan fingerprint density at radius 2 is 1.81 bits per heavy atom. The average Bonchev–Trinajstić information content (AvgIpc) is 2.42. The Morgan fingerprint density at radius 3 is 2.43 bits per heavy atom. The van der Waals surface area contributed by atoms with Crippen molar-refractivity contribution in [3.63, 3.8) is 0 Å². The van der Waals surface area contributed by atoms with Crippen LogP contribution in [0.25, 0.3) is 0 Å². The quantitative estimate of drug-likeness (QED) is 0.403. The van der Waals surface area contributed by atoms with E-state index >= 15 is 0 Å². The molecule has 0 unspecified atom stereocenters. The molecule has 1 aliphatic heterocycles. The molecule has 21 heavy (non-hydrogen) atoms. The van der Waals surface area contributed by atoms with Crippen molar-refractivity contribution in [3.05, 3.63) is 36.1 Å². The van der Waals surface area contributed by atoms with Crippen LogP contribution in [0.4, 0.5) is 0 Å². The number of carboxylic acid groups (broad SMARTS) is 1. The van der Waals surface area contributed by atoms with Gasteiger partial charge in [0.15, 0.2) is 5.71 Å². The van der Waals surface area contributed by atoms with E-state index in [0.717, 1.165) is 24.8 Å². The normalized spacial score (nSPS) is 14.3. The van der Waals surface area contributed by atoms with Crippen molar-refractivity contribution in [2.45, 2.75) is 64.7 Å². The molecule has 1 heterocycles. The third kappa shape index (κ3) is 7.64. The third-order valence-corrected chi connectivity index (χ3v) is 3.60. The Balaban J connectivity index is 1.85. The number of aliphatic imine (C=N–C) groups is 1. The van der Waals surface area contributed by atoms with E-state index in [9.17, 15) is 4.79 Å². The summed E-state index contributed by atoms with van der Waals surface area (Å²) in [5, 5.41) is 8.81. The van der Waals surface area contributed by atoms with Crippen LogP contribution in [0.5, 0.6) is 0 Å². The first-order valence-corrected chi connectivity index (χ1v) is 8.02. The molecule has 1 N–H and O–H groups in total. The number of nitrogens with zero attached hydrogens (tertiary/aromatic N) is 1. The molecule has 3 heteroatoms. The minimum absolute atomic E-state index is 0.264. The third-order valence-electron chi connectivity index (χ3n) is 3.60. The van der Waals surface area contributed by atoms with E-state index in [2.05, 4.69) is 29.3 Å². The van der Waals surface area contributed by atoms with E-state index in [1.807, 2.05) is 6.92 Å². The second-order valence-electron chi connectivity index (χ2n) is 5.37. The monoisotopic (exact) mass is 289 g/mol. The van der Waals surface area contributed by atoms with E-state index in [1.54, 1.807) is 6.20 Å². The van der Waals surface area contributed by atoms with Crippen LogP contribution in [0.1, 0.15) is 64.7 Å². The predicted molar refractivity (Wildman–Crippen MR) is 88.7 cm³/mol. The van der Waals surface area contributed by atoms with Crippen LogP contribution in [0.2, 0.25) is 0 Å². The minimum Gasteiger partial charge on any atom is -0.477 e. The molecule has 0 saturated heterocycles. The van der Waals surface area contributed by atoms with Crippen LogP contribution in [-0.2, 0) is 4.79 Å². The summed E-state index contributed by atoms with van der Waals surface area (Å²) in [6, 6.07) is 0. The van der Waals surface area contributed by atoms with Crippen molar-refractivity contribution in [3.8, 4) is 0 Å². The molecule has 0 spiro atoms. The van der Waals surface area contributed by atoms with Crippen LogP contribution in [0, 0.1) is 0 Å². The van der Waals surface area contributed by atoms with Crippen molar-refractivity contribution in [2.24, 2.45) is 4.99 Å². The Kier molecular flexibility index (Phi) is 9.18. The number of rotatable bonds is 12. The number of carbonyl (C=O) groups is 1. The van der Waals surface area contributed by atoms with Gasteiger partial charge in [-0.15, -0.1) is 0 Å². The topological polar surface area (TPSA) is 49.7 Å². The minimum atomic E-state index is -0.894. The van der Waals surface area contributed by atoms with E-state index in [-0.39, 0.29) is 5.71 Å². The summed E-state index contributed by atoms with van der Waals surface area (Å²) in [7, 11) is 0. The first-order chi connectivity index (χ1) is 10.3. The molecule has 0 aromatic heterocycles. The maximum atomic E-state index is 10.7. The SMILES string of the molecule is C/C=C/C/C=C\CCCCCCCCC1=CN=C1C(=O)O. The molecule has 116 valence electrons. The molecule has 0 saturated carbocycles. The maximum absolute atomic E-state index is 10.7. The van der Waals surface area contributed by atoms with Gasteiger partial charge < -0.3 is 5.11 Å². The van der Waals surface area contributed by atoms with Gasteiger partial charge in [0.05, 0.1) is 0 Å². The summed E-state index contributed by atoms with van der Waals surface area (Å²) < 4.78 is 0. The lowest BCUT2D eigenvalue weighted by Crippen LogP contribution is -2.20. The second kappa shape index (κ2) is 11.1. The fourth-order valence-corrected chi connectivity index (χ4v) is 2.31. The molecule has 1 rings (SSSR count). The average molecular weight is 289 g/mol. The summed E-state index contributed by atoms with van der Waals surface area (Å²) in [5.74, 6) is -0.894. The van der Waals surface area contributed by atoms with Gasteiger partial charge in [-0.3, -0.25) is 0 Å². The van der Waals surface area contributed by atoms with Gasteiger partial charge in [-0.2, -0.15) is 0 Å². The van der Waals surface area contributed by atoms with Crippen molar-refractivity contribution >= 4 is 11.7 Å². The van der Waals surface area contributed by atoms with Crippen LogP contribution < -0.4 is 0 Å². The number of allylic oxidation sites excluding steroid dienone is 4. The van der Waals surface area contributed by atoms with Crippen molar-refractivity contribution < 1.29 is 9.90 Å². The fourth-order valence-electron chi connectivity index (χ4n) is 2.31. The van der Waals surface area contributed by atoms with Gasteiger partial charge >= 0.3 is 5.97 Å². The molecule has 0 aromatic carbocycles. The summed E-state index contributed by atoms with van der Waals surface area (Å²) >= 11 is 0. The summed E-state index contributed by atoms with van der Waals surface area (Å²) in [5.41, 5.74) is 1.17. The summed E-state index contributed by atoms with van der Waals surface area (Å²) in [6.07, 6.45) is 20.9. The van der Waals surface area contributed by atoms with E-state index in [0.29, 0.717) is 0 Å². The molecule has 0 atom stereocenters. The molecule has 0 radical (unpaired) electrons. The molecule has 1 aliphatic rings. The highest BCUT2D eigenvalue weighted by Gasteiger charge is 2.19. The predicted octanol–water partition coefficient (Wildman–Crippen LogP) is 5.05. The van der Waals surface area contributed by atoms with Crippen molar-refractivity contribution in [1.29, 1.82) is 0 Å². The van der Waals surface area contributed by atoms with Crippen LogP contribution in [0.15, 0.2) is 41.1 Å². The zero-order chi connectivity index (χ0) is 15.3. The molecule has 0 bridgehead atoms. The number of hydrogen-bond acceptors (Lipinski definition) is 2. The highest BCUT2D eigenvalue weighted by Crippen LogP contribution is 2.19. The lowest BCUT2D eigenvalue weighted by atomic mass is 9.99. The smallest absolute Gasteiger partial charge is 0.354 e. The maximum Gasteiger partial charge on any atom is 0.354 e. The second-order valence-corrected chi connectivity index (χ2v) is 5.37. The van der Waals surface area contributed by atoms with Gasteiger partial charge in [0, 0.05) is 11.8 Å². The van der Waals surface area contributed by atoms with Gasteiger partial charge in [0.2, 0.25) is 0 Å². The van der Waals surface area contributed by atoms with Crippen LogP contribution in [-0.4, -0.2) is 16.8 Å². The van der Waals surface area contributed by atoms with Gasteiger partial charge in [0.25, 0.3) is 0 Å². The Morgan fingerprint density at radius 1 is 1.10 bits per heavy atom. The van der Waals surface area contributed by atoms with Crippen molar-refractivity contribution in [1.82, 2.24) is 0 Å². The first kappa shape index (κ1) is 17.4. The molecule has 0 fully saturated rings. The molecule has 0 aromatic rings. The zero-order valence-corrected chi connectivity index (χ0v) is 13.1. The van der Waals surface area contributed by atoms with Crippen molar-refractivity contribution in [2.75, 3.05) is 0 Å². The van der Waals surface area contributed by atoms with E-state index < -0.39 is 5.97 Å². The van der Waals surface area contributed by atoms with Crippen LogP contribution in [0.3, 0.4) is 0 Å². The largest absolute Gasteiger partial charge is 0.477 e. The number of aliphatic carboxylic acids is 1. The summed E-state index contributed by atoms with van der Waals surface area (Å²) in [4.78, 5) is 14.5. The molecular weight excluding hydrogens is 262 g/mol. The number of unbranched alkanes of at least 4 members (excludes halogenated alkanes) is 6. The number of hydrogen-bond donors (Lipinski definition) is 1. The Bertz CT molecular complexity index is 430. The lowest BCUT2D eigenvalue weighted by molar-refractivity contribution is -0.129. The zero-order valence-electron chi connectivity index (χ0n) is 13.1. The summed E-state index contributed by atoms with van der Waals surface area (Å²) in [6.45, 7) is 2.05. The molecule has 0 amide bonds. The standard InChI is InChI=1S/C18H27NO2/c1-2-3-4-5-6-7-8-9-10-11-12-13-14-16-15-19-17(16)18(20)21/h2-3,5-6,15H,4,7-14H2,1H3,(H,20,21)/b3-2+,6-5-. The fraction of sp³-hybridized carbons (Fsp3) is 0.556. The van der Waals surface area contributed by atoms with Gasteiger partial charge in [-0.1, -0.05) is 50.0 Å². The van der Waals surface area contributed by atoms with E-state index in [4.69, 9.17) is 5.11 Å². The molecule has 0 aliphatic carbocycles.